The van der Waals surface area contributed by atoms with Crippen LogP contribution in [0.5, 0.6) is 11.5 Å². The number of nitro benzene ring substituents is 1. The van der Waals surface area contributed by atoms with Gasteiger partial charge in [-0.25, -0.2) is 0 Å². The van der Waals surface area contributed by atoms with Gasteiger partial charge in [0.2, 0.25) is 11.7 Å². The van der Waals surface area contributed by atoms with Crippen molar-refractivity contribution in [3.63, 3.8) is 0 Å². The zero-order valence-electron chi connectivity index (χ0n) is 18.8. The topological polar surface area (TPSA) is 111 Å². The standard InChI is InChI=1S/C23H29N3O6/c1-5-11-24-23(28)17(3)25(14-18-8-6-7-16(2)12-18)22(27)15-32-19-9-10-20(26(29)30)21(13-19)31-4/h6-10,12-13,17H,5,11,14-15H2,1-4H3,(H,24,28). The van der Waals surface area contributed by atoms with Gasteiger partial charge in [-0.15, -0.1) is 0 Å². The zero-order chi connectivity index (χ0) is 23.7. The number of nitrogens with zero attached hydrogens (tertiary/aromatic N) is 2. The van der Waals surface area contributed by atoms with Crippen LogP contribution in [0.3, 0.4) is 0 Å². The molecule has 2 amide bonds. The van der Waals surface area contributed by atoms with Crippen LogP contribution < -0.4 is 14.8 Å². The average molecular weight is 444 g/mol. The van der Waals surface area contributed by atoms with Crippen LogP contribution in [0.4, 0.5) is 5.69 Å². The molecule has 0 saturated heterocycles. The van der Waals surface area contributed by atoms with Gasteiger partial charge in [0, 0.05) is 25.2 Å². The fourth-order valence-corrected chi connectivity index (χ4v) is 3.11. The lowest BCUT2D eigenvalue weighted by Crippen LogP contribution is -2.49. The molecule has 2 aromatic rings. The number of benzene rings is 2. The highest BCUT2D eigenvalue weighted by Gasteiger charge is 2.26. The Hall–Kier alpha value is -3.62. The summed E-state index contributed by atoms with van der Waals surface area (Å²) < 4.78 is 10.6. The first-order valence-corrected chi connectivity index (χ1v) is 10.3. The number of carbonyl (C=O) groups excluding carboxylic acids is 2. The van der Waals surface area contributed by atoms with Crippen LogP contribution in [-0.2, 0) is 16.1 Å². The third kappa shape index (κ3) is 6.69. The SMILES string of the molecule is CCCNC(=O)C(C)N(Cc1cccc(C)c1)C(=O)COc1ccc([N+](=O)[O-])c(OC)c1. The van der Waals surface area contributed by atoms with Crippen LogP contribution in [-0.4, -0.2) is 47.9 Å². The van der Waals surface area contributed by atoms with Gasteiger partial charge in [0.1, 0.15) is 11.8 Å². The van der Waals surface area contributed by atoms with E-state index in [1.165, 1.54) is 30.2 Å². The minimum atomic E-state index is -0.704. The fourth-order valence-electron chi connectivity index (χ4n) is 3.11. The lowest BCUT2D eigenvalue weighted by molar-refractivity contribution is -0.385. The van der Waals surface area contributed by atoms with E-state index in [9.17, 15) is 19.7 Å². The predicted molar refractivity (Wildman–Crippen MR) is 120 cm³/mol. The second-order valence-electron chi connectivity index (χ2n) is 7.36. The second-order valence-corrected chi connectivity index (χ2v) is 7.36. The van der Waals surface area contributed by atoms with E-state index in [2.05, 4.69) is 5.32 Å². The van der Waals surface area contributed by atoms with Crippen molar-refractivity contribution in [3.8, 4) is 11.5 Å². The van der Waals surface area contributed by atoms with Crippen molar-refractivity contribution >= 4 is 17.5 Å². The first-order valence-electron chi connectivity index (χ1n) is 10.3. The molecule has 0 bridgehead atoms. The Kier molecular flexibility index (Phi) is 9.00. The number of nitrogens with one attached hydrogen (secondary N) is 1. The Labute approximate surface area is 187 Å². The Morgan fingerprint density at radius 3 is 2.59 bits per heavy atom. The van der Waals surface area contributed by atoms with Gasteiger partial charge in [0.25, 0.3) is 5.91 Å². The third-order valence-electron chi connectivity index (χ3n) is 4.86. The number of nitro groups is 1. The molecule has 9 heteroatoms. The minimum Gasteiger partial charge on any atom is -0.490 e. The zero-order valence-corrected chi connectivity index (χ0v) is 18.8. The third-order valence-corrected chi connectivity index (χ3v) is 4.86. The van der Waals surface area contributed by atoms with Gasteiger partial charge in [-0.05, 0) is 31.9 Å². The van der Waals surface area contributed by atoms with E-state index >= 15 is 0 Å². The molecule has 0 aliphatic heterocycles. The molecule has 1 atom stereocenters. The van der Waals surface area contributed by atoms with Gasteiger partial charge in [-0.3, -0.25) is 19.7 Å². The first kappa shape index (κ1) is 24.6. The van der Waals surface area contributed by atoms with Crippen LogP contribution in [0.1, 0.15) is 31.4 Å². The molecule has 1 N–H and O–H groups in total. The Morgan fingerprint density at radius 1 is 1.22 bits per heavy atom. The average Bonchev–Trinajstić information content (AvgIpc) is 2.78. The number of rotatable bonds is 11. The molecular weight excluding hydrogens is 414 g/mol. The smallest absolute Gasteiger partial charge is 0.311 e. The summed E-state index contributed by atoms with van der Waals surface area (Å²) in [5.74, 6) is -0.351. The molecule has 2 aromatic carbocycles. The van der Waals surface area contributed by atoms with Crippen LogP contribution >= 0.6 is 0 Å². The summed E-state index contributed by atoms with van der Waals surface area (Å²) in [5.41, 5.74) is 1.74. The van der Waals surface area contributed by atoms with Gasteiger partial charge in [0.15, 0.2) is 6.61 Å². The van der Waals surface area contributed by atoms with E-state index in [1.807, 2.05) is 38.1 Å². The summed E-state index contributed by atoms with van der Waals surface area (Å²) in [6, 6.07) is 11.0. The molecule has 0 aliphatic rings. The molecule has 0 heterocycles. The number of aryl methyl sites for hydroxylation is 1. The molecule has 0 aromatic heterocycles. The maximum Gasteiger partial charge on any atom is 0.311 e. The van der Waals surface area contributed by atoms with E-state index in [4.69, 9.17) is 9.47 Å². The molecule has 172 valence electrons. The minimum absolute atomic E-state index is 0.0314. The van der Waals surface area contributed by atoms with E-state index in [0.717, 1.165) is 17.5 Å². The van der Waals surface area contributed by atoms with Crippen LogP contribution in [0, 0.1) is 17.0 Å². The van der Waals surface area contributed by atoms with E-state index in [1.54, 1.807) is 6.92 Å². The summed E-state index contributed by atoms with van der Waals surface area (Å²) in [5, 5.41) is 13.9. The quantitative estimate of drug-likeness (QED) is 0.422. The highest BCUT2D eigenvalue weighted by molar-refractivity contribution is 5.88. The maximum atomic E-state index is 13.0. The largest absolute Gasteiger partial charge is 0.490 e. The van der Waals surface area contributed by atoms with Crippen molar-refractivity contribution in [1.29, 1.82) is 0 Å². The van der Waals surface area contributed by atoms with E-state index < -0.39 is 11.0 Å². The van der Waals surface area contributed by atoms with Gasteiger partial charge in [-0.2, -0.15) is 0 Å². The number of ether oxygens (including phenoxy) is 2. The molecule has 0 aliphatic carbocycles. The highest BCUT2D eigenvalue weighted by atomic mass is 16.6. The molecule has 0 saturated carbocycles. The Balaban J connectivity index is 2.18. The molecule has 1 unspecified atom stereocenters. The van der Waals surface area contributed by atoms with Gasteiger partial charge >= 0.3 is 5.69 Å². The summed E-state index contributed by atoms with van der Waals surface area (Å²) in [4.78, 5) is 37.5. The number of hydrogen-bond donors (Lipinski definition) is 1. The molecule has 2 rings (SSSR count). The van der Waals surface area contributed by atoms with Crippen LogP contribution in [0.15, 0.2) is 42.5 Å². The van der Waals surface area contributed by atoms with Crippen molar-refractivity contribution < 1.29 is 24.0 Å². The van der Waals surface area contributed by atoms with Crippen molar-refractivity contribution in [2.75, 3.05) is 20.3 Å². The summed E-state index contributed by atoms with van der Waals surface area (Å²) in [7, 11) is 1.32. The van der Waals surface area contributed by atoms with E-state index in [-0.39, 0.29) is 42.2 Å². The van der Waals surface area contributed by atoms with Gasteiger partial charge in [-0.1, -0.05) is 36.8 Å². The summed E-state index contributed by atoms with van der Waals surface area (Å²) in [6.45, 7) is 6.01. The molecule has 0 fully saturated rings. The van der Waals surface area contributed by atoms with Crippen molar-refractivity contribution in [1.82, 2.24) is 10.2 Å². The molecule has 9 nitrogen and oxygen atoms in total. The maximum absolute atomic E-state index is 13.0. The number of methoxy groups -OCH3 is 1. The van der Waals surface area contributed by atoms with Crippen molar-refractivity contribution in [2.45, 2.75) is 39.8 Å². The highest BCUT2D eigenvalue weighted by Crippen LogP contribution is 2.30. The molecule has 0 spiro atoms. The predicted octanol–water partition coefficient (Wildman–Crippen LogP) is 3.23. The monoisotopic (exact) mass is 443 g/mol. The fraction of sp³-hybridized carbons (Fsp3) is 0.391. The lowest BCUT2D eigenvalue weighted by atomic mass is 10.1. The molecule has 0 radical (unpaired) electrons. The van der Waals surface area contributed by atoms with Gasteiger partial charge in [0.05, 0.1) is 12.0 Å². The molecule has 32 heavy (non-hydrogen) atoms. The van der Waals surface area contributed by atoms with Crippen molar-refractivity contribution in [3.05, 3.63) is 63.7 Å². The van der Waals surface area contributed by atoms with Crippen LogP contribution in [0.2, 0.25) is 0 Å². The van der Waals surface area contributed by atoms with Crippen LogP contribution in [0.25, 0.3) is 0 Å². The summed E-state index contributed by atoms with van der Waals surface area (Å²) in [6.07, 6.45) is 0.787. The normalized spacial score (nSPS) is 11.4. The molecular formula is C23H29N3O6. The van der Waals surface area contributed by atoms with E-state index in [0.29, 0.717) is 6.54 Å². The lowest BCUT2D eigenvalue weighted by Gasteiger charge is -2.29. The van der Waals surface area contributed by atoms with Gasteiger partial charge < -0.3 is 19.7 Å². The first-order chi connectivity index (χ1) is 15.3. The second kappa shape index (κ2) is 11.7. The number of amides is 2. The summed E-state index contributed by atoms with van der Waals surface area (Å²) >= 11 is 0. The Bertz CT molecular complexity index is 962. The number of carbonyl (C=O) groups is 2. The van der Waals surface area contributed by atoms with Crippen molar-refractivity contribution in [2.24, 2.45) is 0 Å². The Morgan fingerprint density at radius 2 is 1.97 bits per heavy atom. The number of hydrogen-bond acceptors (Lipinski definition) is 6.